The smallest absolute Gasteiger partial charge is 0.311 e. The number of carboxylic acid groups (broad SMARTS) is 1. The summed E-state index contributed by atoms with van der Waals surface area (Å²) in [4.78, 5) is 37.3. The molecule has 2 amide bonds. The van der Waals surface area contributed by atoms with Crippen LogP contribution < -0.4 is 5.32 Å². The van der Waals surface area contributed by atoms with Gasteiger partial charge in [0, 0.05) is 33.0 Å². The summed E-state index contributed by atoms with van der Waals surface area (Å²) in [6.45, 7) is 3.11. The molecular weight excluding hydrogens is 320 g/mol. The zero-order valence-electron chi connectivity index (χ0n) is 14.8. The van der Waals surface area contributed by atoms with Crippen molar-refractivity contribution in [1.29, 1.82) is 0 Å². The molecule has 6 heteroatoms. The number of hydrogen-bond acceptors (Lipinski definition) is 3. The van der Waals surface area contributed by atoms with Crippen molar-refractivity contribution in [3.05, 3.63) is 35.4 Å². The van der Waals surface area contributed by atoms with Gasteiger partial charge in [-0.25, -0.2) is 0 Å². The first-order chi connectivity index (χ1) is 11.9. The number of carbonyl (C=O) groups excluding carboxylic acids is 2. The molecule has 136 valence electrons. The minimum absolute atomic E-state index is 0.0232. The number of likely N-dealkylation sites (tertiary alicyclic amines) is 1. The van der Waals surface area contributed by atoms with E-state index in [-0.39, 0.29) is 24.2 Å². The van der Waals surface area contributed by atoms with E-state index in [4.69, 9.17) is 0 Å². The zero-order chi connectivity index (χ0) is 18.4. The number of nitrogens with zero attached hydrogens (tertiary/aromatic N) is 1. The monoisotopic (exact) mass is 346 g/mol. The highest BCUT2D eigenvalue weighted by molar-refractivity contribution is 5.85. The van der Waals surface area contributed by atoms with E-state index < -0.39 is 11.9 Å². The molecule has 0 bridgehead atoms. The number of carboxylic acids is 1. The van der Waals surface area contributed by atoms with E-state index in [9.17, 15) is 19.5 Å². The molecule has 2 N–H and O–H groups in total. The molecule has 1 aromatic carbocycles. The second kappa shape index (κ2) is 8.65. The first-order valence-corrected chi connectivity index (χ1v) is 8.68. The van der Waals surface area contributed by atoms with Crippen LogP contribution in [0, 0.1) is 12.8 Å². The van der Waals surface area contributed by atoms with Gasteiger partial charge in [-0.3, -0.25) is 14.4 Å². The SMILES string of the molecule is CNC(=O)CC1CCN(C(=O)CC(C(=O)O)c2ccc(C)cc2)CC1. The number of hydrogen-bond donors (Lipinski definition) is 2. The lowest BCUT2D eigenvalue weighted by atomic mass is 9.91. The zero-order valence-corrected chi connectivity index (χ0v) is 14.8. The van der Waals surface area contributed by atoms with Crippen LogP contribution in [0.2, 0.25) is 0 Å². The van der Waals surface area contributed by atoms with Crippen molar-refractivity contribution in [2.45, 2.75) is 38.5 Å². The number of carbonyl (C=O) groups is 3. The summed E-state index contributed by atoms with van der Waals surface area (Å²) in [6, 6.07) is 7.27. The summed E-state index contributed by atoms with van der Waals surface area (Å²) in [5, 5.41) is 12.1. The number of rotatable bonds is 6. The summed E-state index contributed by atoms with van der Waals surface area (Å²) in [5.74, 6) is -1.62. The van der Waals surface area contributed by atoms with Gasteiger partial charge < -0.3 is 15.3 Å². The van der Waals surface area contributed by atoms with E-state index in [1.54, 1.807) is 24.1 Å². The molecule has 0 saturated carbocycles. The van der Waals surface area contributed by atoms with Crippen LogP contribution in [0.5, 0.6) is 0 Å². The minimum atomic E-state index is -0.980. The van der Waals surface area contributed by atoms with Gasteiger partial charge in [0.05, 0.1) is 5.92 Å². The van der Waals surface area contributed by atoms with Gasteiger partial charge in [-0.05, 0) is 31.2 Å². The predicted octanol–water partition coefficient (Wildman–Crippen LogP) is 1.93. The lowest BCUT2D eigenvalue weighted by Crippen LogP contribution is -2.40. The van der Waals surface area contributed by atoms with E-state index >= 15 is 0 Å². The van der Waals surface area contributed by atoms with Crippen LogP contribution in [-0.2, 0) is 14.4 Å². The minimum Gasteiger partial charge on any atom is -0.481 e. The average Bonchev–Trinajstić information content (AvgIpc) is 2.60. The van der Waals surface area contributed by atoms with Crippen molar-refractivity contribution < 1.29 is 19.5 Å². The summed E-state index contributed by atoms with van der Waals surface area (Å²) in [6.07, 6.45) is 2.01. The van der Waals surface area contributed by atoms with Crippen LogP contribution in [0.4, 0.5) is 0 Å². The van der Waals surface area contributed by atoms with Gasteiger partial charge in [-0.1, -0.05) is 29.8 Å². The van der Waals surface area contributed by atoms with Crippen molar-refractivity contribution in [3.8, 4) is 0 Å². The highest BCUT2D eigenvalue weighted by Crippen LogP contribution is 2.25. The molecule has 1 aliphatic heterocycles. The maximum absolute atomic E-state index is 12.5. The fourth-order valence-electron chi connectivity index (χ4n) is 3.20. The Morgan fingerprint density at radius 3 is 2.32 bits per heavy atom. The molecule has 0 spiro atoms. The Hall–Kier alpha value is -2.37. The van der Waals surface area contributed by atoms with Crippen molar-refractivity contribution in [3.63, 3.8) is 0 Å². The molecule has 1 atom stereocenters. The van der Waals surface area contributed by atoms with E-state index in [0.717, 1.165) is 18.4 Å². The highest BCUT2D eigenvalue weighted by atomic mass is 16.4. The maximum Gasteiger partial charge on any atom is 0.311 e. The molecule has 1 unspecified atom stereocenters. The van der Waals surface area contributed by atoms with E-state index in [1.165, 1.54) is 0 Å². The van der Waals surface area contributed by atoms with E-state index in [1.807, 2.05) is 19.1 Å². The van der Waals surface area contributed by atoms with Gasteiger partial charge in [-0.2, -0.15) is 0 Å². The van der Waals surface area contributed by atoms with Gasteiger partial charge in [0.15, 0.2) is 0 Å². The van der Waals surface area contributed by atoms with Crippen LogP contribution in [0.15, 0.2) is 24.3 Å². The normalized spacial score (nSPS) is 16.3. The van der Waals surface area contributed by atoms with Gasteiger partial charge in [0.2, 0.25) is 11.8 Å². The van der Waals surface area contributed by atoms with Crippen LogP contribution in [0.1, 0.15) is 42.7 Å². The van der Waals surface area contributed by atoms with E-state index in [0.29, 0.717) is 25.1 Å². The molecule has 0 radical (unpaired) electrons. The van der Waals surface area contributed by atoms with Gasteiger partial charge in [0.1, 0.15) is 0 Å². The second-order valence-electron chi connectivity index (χ2n) is 6.71. The number of benzene rings is 1. The summed E-state index contributed by atoms with van der Waals surface area (Å²) >= 11 is 0. The third-order valence-electron chi connectivity index (χ3n) is 4.88. The number of aliphatic carboxylic acids is 1. The number of amides is 2. The Labute approximate surface area is 148 Å². The van der Waals surface area contributed by atoms with Crippen molar-refractivity contribution in [2.75, 3.05) is 20.1 Å². The Morgan fingerprint density at radius 2 is 1.80 bits per heavy atom. The fourth-order valence-corrected chi connectivity index (χ4v) is 3.20. The van der Waals surface area contributed by atoms with Gasteiger partial charge in [0.25, 0.3) is 0 Å². The quantitative estimate of drug-likeness (QED) is 0.824. The highest BCUT2D eigenvalue weighted by Gasteiger charge is 2.29. The molecule has 1 saturated heterocycles. The summed E-state index contributed by atoms with van der Waals surface area (Å²) in [7, 11) is 1.62. The maximum atomic E-state index is 12.5. The lowest BCUT2D eigenvalue weighted by Gasteiger charge is -2.32. The van der Waals surface area contributed by atoms with Crippen LogP contribution in [0.25, 0.3) is 0 Å². The van der Waals surface area contributed by atoms with Crippen LogP contribution >= 0.6 is 0 Å². The molecule has 1 aliphatic rings. The van der Waals surface area contributed by atoms with Gasteiger partial charge >= 0.3 is 5.97 Å². The molecule has 0 aromatic heterocycles. The molecule has 1 fully saturated rings. The average molecular weight is 346 g/mol. The lowest BCUT2D eigenvalue weighted by molar-refractivity contribution is -0.143. The molecule has 1 heterocycles. The second-order valence-corrected chi connectivity index (χ2v) is 6.71. The molecule has 6 nitrogen and oxygen atoms in total. The number of nitrogens with one attached hydrogen (secondary N) is 1. The first kappa shape index (κ1) is 19.0. The van der Waals surface area contributed by atoms with Crippen molar-refractivity contribution >= 4 is 17.8 Å². The summed E-state index contributed by atoms with van der Waals surface area (Å²) in [5.41, 5.74) is 1.71. The number of piperidine rings is 1. The molecular formula is C19H26N2O4. The summed E-state index contributed by atoms with van der Waals surface area (Å²) < 4.78 is 0. The fraction of sp³-hybridized carbons (Fsp3) is 0.526. The van der Waals surface area contributed by atoms with Crippen LogP contribution in [0.3, 0.4) is 0 Å². The Bertz CT molecular complexity index is 619. The van der Waals surface area contributed by atoms with Crippen molar-refractivity contribution in [2.24, 2.45) is 5.92 Å². The third kappa shape index (κ3) is 5.31. The Kier molecular flexibility index (Phi) is 6.56. The standard InChI is InChI=1S/C19H26N2O4/c1-13-3-5-15(6-4-13)16(19(24)25)12-18(23)21-9-7-14(8-10-21)11-17(22)20-2/h3-6,14,16H,7-12H2,1-2H3,(H,20,22)(H,24,25). The van der Waals surface area contributed by atoms with Crippen LogP contribution in [-0.4, -0.2) is 47.9 Å². The molecule has 2 rings (SSSR count). The molecule has 25 heavy (non-hydrogen) atoms. The molecule has 1 aromatic rings. The third-order valence-corrected chi connectivity index (χ3v) is 4.88. The van der Waals surface area contributed by atoms with Gasteiger partial charge in [-0.15, -0.1) is 0 Å². The first-order valence-electron chi connectivity index (χ1n) is 8.68. The topological polar surface area (TPSA) is 86.7 Å². The Morgan fingerprint density at radius 1 is 1.20 bits per heavy atom. The Balaban J connectivity index is 1.93. The largest absolute Gasteiger partial charge is 0.481 e. The number of aryl methyl sites for hydroxylation is 1. The van der Waals surface area contributed by atoms with Crippen molar-refractivity contribution in [1.82, 2.24) is 10.2 Å². The molecule has 0 aliphatic carbocycles. The predicted molar refractivity (Wildman–Crippen MR) is 94.2 cm³/mol. The van der Waals surface area contributed by atoms with E-state index in [2.05, 4.69) is 5.32 Å².